The quantitative estimate of drug-likeness (QED) is 0.679. The van der Waals surface area contributed by atoms with E-state index in [0.29, 0.717) is 0 Å². The van der Waals surface area contributed by atoms with Gasteiger partial charge in [0.1, 0.15) is 0 Å². The molecule has 1 aliphatic carbocycles. The van der Waals surface area contributed by atoms with Crippen LogP contribution in [0.15, 0.2) is 0 Å². The lowest BCUT2D eigenvalue weighted by molar-refractivity contribution is 0.330. The van der Waals surface area contributed by atoms with Gasteiger partial charge in [-0.2, -0.15) is 0 Å². The second-order valence-electron chi connectivity index (χ2n) is 4.06. The standard InChI is InChI=1S/C9H17NO2S/c11-13(12,9-5-4-6-9)10-7-2-1-3-8-10/h9H,1-8H2. The first kappa shape index (κ1) is 9.46. The minimum atomic E-state index is -2.89. The van der Waals surface area contributed by atoms with Crippen molar-refractivity contribution in [1.29, 1.82) is 0 Å². The van der Waals surface area contributed by atoms with Gasteiger partial charge in [-0.25, -0.2) is 12.7 Å². The zero-order chi connectivity index (χ0) is 9.31. The van der Waals surface area contributed by atoms with Crippen LogP contribution >= 0.6 is 0 Å². The van der Waals surface area contributed by atoms with Crippen LogP contribution in [0.1, 0.15) is 38.5 Å². The average molecular weight is 203 g/mol. The lowest BCUT2D eigenvalue weighted by atomic mass is 10.0. The molecule has 0 aromatic rings. The van der Waals surface area contributed by atoms with E-state index in [4.69, 9.17) is 0 Å². The molecule has 0 unspecified atom stereocenters. The fourth-order valence-electron chi connectivity index (χ4n) is 2.00. The Morgan fingerprint density at radius 3 is 2.00 bits per heavy atom. The summed E-state index contributed by atoms with van der Waals surface area (Å²) in [5.41, 5.74) is 0. The molecule has 0 aromatic carbocycles. The van der Waals surface area contributed by atoms with E-state index in [9.17, 15) is 8.42 Å². The smallest absolute Gasteiger partial charge is 0.212 e. The van der Waals surface area contributed by atoms with Gasteiger partial charge in [0.25, 0.3) is 0 Å². The van der Waals surface area contributed by atoms with Gasteiger partial charge in [0.15, 0.2) is 0 Å². The molecule has 1 aliphatic heterocycles. The molecule has 1 saturated carbocycles. The molecular formula is C9H17NO2S. The third kappa shape index (κ3) is 1.74. The Kier molecular flexibility index (Phi) is 2.60. The average Bonchev–Trinajstić information content (AvgIpc) is 2.02. The Hall–Kier alpha value is -0.0900. The predicted octanol–water partition coefficient (Wildman–Crippen LogP) is 1.35. The lowest BCUT2D eigenvalue weighted by Gasteiger charge is -2.33. The van der Waals surface area contributed by atoms with E-state index in [1.54, 1.807) is 4.31 Å². The van der Waals surface area contributed by atoms with E-state index in [-0.39, 0.29) is 5.25 Å². The largest absolute Gasteiger partial charge is 0.216 e. The van der Waals surface area contributed by atoms with Crippen molar-refractivity contribution in [3.05, 3.63) is 0 Å². The second kappa shape index (κ2) is 3.58. The molecule has 4 heteroatoms. The van der Waals surface area contributed by atoms with Gasteiger partial charge in [-0.1, -0.05) is 12.8 Å². The van der Waals surface area contributed by atoms with E-state index in [2.05, 4.69) is 0 Å². The highest BCUT2D eigenvalue weighted by atomic mass is 32.2. The van der Waals surface area contributed by atoms with Crippen molar-refractivity contribution < 1.29 is 8.42 Å². The highest BCUT2D eigenvalue weighted by molar-refractivity contribution is 7.89. The number of nitrogens with zero attached hydrogens (tertiary/aromatic N) is 1. The summed E-state index contributed by atoms with van der Waals surface area (Å²) in [4.78, 5) is 0. The Labute approximate surface area is 80.2 Å². The molecule has 76 valence electrons. The first-order valence-corrected chi connectivity index (χ1v) is 6.70. The van der Waals surface area contributed by atoms with Crippen LogP contribution in [0.4, 0.5) is 0 Å². The third-order valence-corrected chi connectivity index (χ3v) is 5.55. The third-order valence-electron chi connectivity index (χ3n) is 3.15. The monoisotopic (exact) mass is 203 g/mol. The van der Waals surface area contributed by atoms with Crippen molar-refractivity contribution in [1.82, 2.24) is 4.31 Å². The van der Waals surface area contributed by atoms with Crippen molar-refractivity contribution in [3.8, 4) is 0 Å². The maximum Gasteiger partial charge on any atom is 0.216 e. The highest BCUT2D eigenvalue weighted by Gasteiger charge is 2.36. The van der Waals surface area contributed by atoms with Gasteiger partial charge in [-0.05, 0) is 25.7 Å². The Bertz CT molecular complexity index is 263. The summed E-state index contributed by atoms with van der Waals surface area (Å²) in [6.07, 6.45) is 6.16. The molecule has 3 nitrogen and oxygen atoms in total. The molecule has 13 heavy (non-hydrogen) atoms. The van der Waals surface area contributed by atoms with Gasteiger partial charge in [-0.15, -0.1) is 0 Å². The molecule has 0 atom stereocenters. The van der Waals surface area contributed by atoms with Gasteiger partial charge in [0, 0.05) is 13.1 Å². The highest BCUT2D eigenvalue weighted by Crippen LogP contribution is 2.29. The summed E-state index contributed by atoms with van der Waals surface area (Å²) in [7, 11) is -2.89. The summed E-state index contributed by atoms with van der Waals surface area (Å²) in [6.45, 7) is 1.53. The summed E-state index contributed by atoms with van der Waals surface area (Å²) < 4.78 is 25.5. The molecule has 1 heterocycles. The zero-order valence-corrected chi connectivity index (χ0v) is 8.72. The molecule has 0 aromatic heterocycles. The molecule has 0 amide bonds. The molecular weight excluding hydrogens is 186 g/mol. The maximum absolute atomic E-state index is 11.9. The van der Waals surface area contributed by atoms with Crippen LogP contribution < -0.4 is 0 Å². The van der Waals surface area contributed by atoms with Crippen molar-refractivity contribution in [2.24, 2.45) is 0 Å². The molecule has 0 spiro atoms. The lowest BCUT2D eigenvalue weighted by Crippen LogP contribution is -2.44. The normalized spacial score (nSPS) is 27.1. The van der Waals surface area contributed by atoms with Gasteiger partial charge in [-0.3, -0.25) is 0 Å². The van der Waals surface area contributed by atoms with Crippen molar-refractivity contribution >= 4 is 10.0 Å². The van der Waals surface area contributed by atoms with Crippen LogP contribution in [0, 0.1) is 0 Å². The summed E-state index contributed by atoms with van der Waals surface area (Å²) in [5, 5.41) is -0.0365. The fourth-order valence-corrected chi connectivity index (χ4v) is 4.12. The van der Waals surface area contributed by atoms with Crippen LogP contribution in [-0.4, -0.2) is 31.1 Å². The van der Waals surface area contributed by atoms with Gasteiger partial charge in [0.05, 0.1) is 5.25 Å². The van der Waals surface area contributed by atoms with Crippen molar-refractivity contribution in [2.45, 2.75) is 43.8 Å². The van der Waals surface area contributed by atoms with Gasteiger partial charge >= 0.3 is 0 Å². The zero-order valence-electron chi connectivity index (χ0n) is 7.91. The molecule has 2 fully saturated rings. The SMILES string of the molecule is O=S(=O)(C1CCC1)N1CCCCC1. The first-order chi connectivity index (χ1) is 6.21. The number of sulfonamides is 1. The van der Waals surface area contributed by atoms with E-state index < -0.39 is 10.0 Å². The minimum Gasteiger partial charge on any atom is -0.212 e. The minimum absolute atomic E-state index is 0.0365. The van der Waals surface area contributed by atoms with Crippen LogP contribution in [0.3, 0.4) is 0 Å². The summed E-state index contributed by atoms with van der Waals surface area (Å²) >= 11 is 0. The molecule has 0 N–H and O–H groups in total. The Morgan fingerprint density at radius 2 is 1.54 bits per heavy atom. The van der Waals surface area contributed by atoms with E-state index in [1.807, 2.05) is 0 Å². The molecule has 0 bridgehead atoms. The number of hydrogen-bond acceptors (Lipinski definition) is 2. The van der Waals surface area contributed by atoms with Crippen LogP contribution in [0.5, 0.6) is 0 Å². The Morgan fingerprint density at radius 1 is 0.923 bits per heavy atom. The predicted molar refractivity (Wildman–Crippen MR) is 52.0 cm³/mol. The molecule has 2 rings (SSSR count). The molecule has 2 aliphatic rings. The number of rotatable bonds is 2. The number of piperidine rings is 1. The van der Waals surface area contributed by atoms with Crippen LogP contribution in [0.25, 0.3) is 0 Å². The van der Waals surface area contributed by atoms with E-state index >= 15 is 0 Å². The van der Waals surface area contributed by atoms with Gasteiger partial charge < -0.3 is 0 Å². The topological polar surface area (TPSA) is 37.4 Å². The van der Waals surface area contributed by atoms with Gasteiger partial charge in [0.2, 0.25) is 10.0 Å². The number of hydrogen-bond donors (Lipinski definition) is 0. The maximum atomic E-state index is 11.9. The molecule has 0 radical (unpaired) electrons. The summed E-state index contributed by atoms with van der Waals surface area (Å²) in [6, 6.07) is 0. The van der Waals surface area contributed by atoms with Crippen LogP contribution in [-0.2, 0) is 10.0 Å². The second-order valence-corrected chi connectivity index (χ2v) is 6.27. The van der Waals surface area contributed by atoms with Crippen LogP contribution in [0.2, 0.25) is 0 Å². The van der Waals surface area contributed by atoms with E-state index in [0.717, 1.165) is 45.2 Å². The molecule has 1 saturated heterocycles. The summed E-state index contributed by atoms with van der Waals surface area (Å²) in [5.74, 6) is 0. The Balaban J connectivity index is 2.03. The first-order valence-electron chi connectivity index (χ1n) is 5.20. The van der Waals surface area contributed by atoms with E-state index in [1.165, 1.54) is 6.42 Å². The fraction of sp³-hybridized carbons (Fsp3) is 1.00. The van der Waals surface area contributed by atoms with Crippen molar-refractivity contribution in [3.63, 3.8) is 0 Å². The van der Waals surface area contributed by atoms with Crippen molar-refractivity contribution in [2.75, 3.05) is 13.1 Å².